The Morgan fingerprint density at radius 1 is 1.28 bits per heavy atom. The standard InChI is InChI=1S/C14H29NO3/c1-11(2)6-12(3)18-8-13(17)7-15-9-14(10-16)4-5-14/h11-13,15-17H,4-10H2,1-3H3. The first kappa shape index (κ1) is 15.9. The maximum atomic E-state index is 9.77. The predicted molar refractivity (Wildman–Crippen MR) is 72.5 cm³/mol. The highest BCUT2D eigenvalue weighted by atomic mass is 16.5. The van der Waals surface area contributed by atoms with Gasteiger partial charge in [-0.15, -0.1) is 0 Å². The van der Waals surface area contributed by atoms with Crippen LogP contribution in [0.25, 0.3) is 0 Å². The van der Waals surface area contributed by atoms with Crippen LogP contribution >= 0.6 is 0 Å². The molecule has 0 bridgehead atoms. The first-order valence-electron chi connectivity index (χ1n) is 7.09. The molecule has 1 rings (SSSR count). The molecule has 4 nitrogen and oxygen atoms in total. The minimum Gasteiger partial charge on any atom is -0.396 e. The molecule has 18 heavy (non-hydrogen) atoms. The van der Waals surface area contributed by atoms with Crippen LogP contribution in [0.15, 0.2) is 0 Å². The van der Waals surface area contributed by atoms with Crippen LogP contribution in [0.5, 0.6) is 0 Å². The number of hydrogen-bond donors (Lipinski definition) is 3. The van der Waals surface area contributed by atoms with E-state index in [2.05, 4.69) is 19.2 Å². The number of rotatable bonds is 10. The monoisotopic (exact) mass is 259 g/mol. The number of nitrogens with one attached hydrogen (secondary N) is 1. The van der Waals surface area contributed by atoms with E-state index in [0.29, 0.717) is 19.1 Å². The van der Waals surface area contributed by atoms with Gasteiger partial charge < -0.3 is 20.3 Å². The van der Waals surface area contributed by atoms with Crippen molar-refractivity contribution in [1.82, 2.24) is 5.32 Å². The number of hydrogen-bond acceptors (Lipinski definition) is 4. The summed E-state index contributed by atoms with van der Waals surface area (Å²) in [5, 5.41) is 22.1. The Hall–Kier alpha value is -0.160. The highest BCUT2D eigenvalue weighted by molar-refractivity contribution is 4.94. The van der Waals surface area contributed by atoms with Crippen LogP contribution in [0.4, 0.5) is 0 Å². The minimum absolute atomic E-state index is 0.103. The Kier molecular flexibility index (Phi) is 6.57. The summed E-state index contributed by atoms with van der Waals surface area (Å²) >= 11 is 0. The van der Waals surface area contributed by atoms with Gasteiger partial charge in [-0.05, 0) is 32.1 Å². The number of aliphatic hydroxyl groups is 2. The minimum atomic E-state index is -0.464. The molecule has 2 unspecified atom stereocenters. The van der Waals surface area contributed by atoms with Gasteiger partial charge in [-0.25, -0.2) is 0 Å². The van der Waals surface area contributed by atoms with Gasteiger partial charge in [-0.3, -0.25) is 0 Å². The average Bonchev–Trinajstić information content (AvgIpc) is 3.06. The zero-order valence-corrected chi connectivity index (χ0v) is 12.0. The Labute approximate surface area is 111 Å². The van der Waals surface area contributed by atoms with Crippen molar-refractivity contribution in [3.63, 3.8) is 0 Å². The summed E-state index contributed by atoms with van der Waals surface area (Å²) in [6.45, 7) is 8.35. The van der Waals surface area contributed by atoms with Gasteiger partial charge in [0.25, 0.3) is 0 Å². The Morgan fingerprint density at radius 3 is 2.44 bits per heavy atom. The molecule has 0 aromatic carbocycles. The lowest BCUT2D eigenvalue weighted by Gasteiger charge is -2.19. The summed E-state index contributed by atoms with van der Waals surface area (Å²) in [6.07, 6.45) is 2.94. The van der Waals surface area contributed by atoms with Crippen molar-refractivity contribution in [2.75, 3.05) is 26.3 Å². The third kappa shape index (κ3) is 6.14. The van der Waals surface area contributed by atoms with E-state index in [1.807, 2.05) is 6.92 Å². The molecule has 0 spiro atoms. The van der Waals surface area contributed by atoms with Crippen LogP contribution < -0.4 is 5.32 Å². The van der Waals surface area contributed by atoms with Crippen LogP contribution in [0.3, 0.4) is 0 Å². The van der Waals surface area contributed by atoms with Crippen LogP contribution in [0.2, 0.25) is 0 Å². The molecule has 1 aliphatic rings. The molecule has 0 amide bonds. The molecular formula is C14H29NO3. The zero-order valence-electron chi connectivity index (χ0n) is 12.0. The molecule has 1 fully saturated rings. The third-order valence-corrected chi connectivity index (χ3v) is 3.55. The van der Waals surface area contributed by atoms with Crippen molar-refractivity contribution in [2.45, 2.75) is 52.2 Å². The Balaban J connectivity index is 2.01. The fraction of sp³-hybridized carbons (Fsp3) is 1.00. The molecular weight excluding hydrogens is 230 g/mol. The van der Waals surface area contributed by atoms with Gasteiger partial charge in [0.2, 0.25) is 0 Å². The number of ether oxygens (including phenoxy) is 1. The summed E-state index contributed by atoms with van der Waals surface area (Å²) in [5.74, 6) is 0.620. The molecule has 0 aliphatic heterocycles. The van der Waals surface area contributed by atoms with E-state index in [9.17, 15) is 5.11 Å². The Bertz CT molecular complexity index is 229. The van der Waals surface area contributed by atoms with Crippen LogP contribution in [0.1, 0.15) is 40.0 Å². The lowest BCUT2D eigenvalue weighted by atomic mass is 10.1. The van der Waals surface area contributed by atoms with Gasteiger partial charge in [-0.2, -0.15) is 0 Å². The fourth-order valence-electron chi connectivity index (χ4n) is 2.14. The van der Waals surface area contributed by atoms with Gasteiger partial charge in [-0.1, -0.05) is 13.8 Å². The fourth-order valence-corrected chi connectivity index (χ4v) is 2.14. The molecule has 0 aromatic rings. The predicted octanol–water partition coefficient (Wildman–Crippen LogP) is 1.16. The van der Waals surface area contributed by atoms with E-state index in [1.54, 1.807) is 0 Å². The molecule has 0 aromatic heterocycles. The van der Waals surface area contributed by atoms with Gasteiger partial charge in [0, 0.05) is 25.1 Å². The second-order valence-corrected chi connectivity index (χ2v) is 6.22. The van der Waals surface area contributed by atoms with Crippen LogP contribution in [-0.2, 0) is 4.74 Å². The molecule has 3 N–H and O–H groups in total. The van der Waals surface area contributed by atoms with Gasteiger partial charge in [0.1, 0.15) is 0 Å². The first-order valence-corrected chi connectivity index (χ1v) is 7.09. The smallest absolute Gasteiger partial charge is 0.0897 e. The average molecular weight is 259 g/mol. The topological polar surface area (TPSA) is 61.7 Å². The third-order valence-electron chi connectivity index (χ3n) is 3.55. The van der Waals surface area contributed by atoms with Crippen molar-refractivity contribution in [1.29, 1.82) is 0 Å². The molecule has 0 heterocycles. The lowest BCUT2D eigenvalue weighted by molar-refractivity contribution is -0.00896. The summed E-state index contributed by atoms with van der Waals surface area (Å²) in [5.41, 5.74) is 0.103. The van der Waals surface area contributed by atoms with E-state index in [1.165, 1.54) is 0 Å². The molecule has 1 aliphatic carbocycles. The second kappa shape index (κ2) is 7.43. The molecule has 0 radical (unpaired) electrons. The number of aliphatic hydroxyl groups excluding tert-OH is 2. The molecule has 108 valence electrons. The summed E-state index contributed by atoms with van der Waals surface area (Å²) < 4.78 is 5.60. The SMILES string of the molecule is CC(C)CC(C)OCC(O)CNCC1(CO)CC1. The first-order chi connectivity index (χ1) is 8.47. The van der Waals surface area contributed by atoms with Crippen molar-refractivity contribution < 1.29 is 14.9 Å². The molecule has 0 saturated heterocycles. The zero-order chi connectivity index (χ0) is 13.6. The molecule has 2 atom stereocenters. The van der Waals surface area contributed by atoms with Crippen molar-refractivity contribution in [3.8, 4) is 0 Å². The van der Waals surface area contributed by atoms with E-state index < -0.39 is 6.10 Å². The van der Waals surface area contributed by atoms with E-state index >= 15 is 0 Å². The van der Waals surface area contributed by atoms with Crippen LogP contribution in [-0.4, -0.2) is 48.7 Å². The maximum absolute atomic E-state index is 9.77. The highest BCUT2D eigenvalue weighted by Gasteiger charge is 2.41. The van der Waals surface area contributed by atoms with Gasteiger partial charge in [0.05, 0.1) is 18.8 Å². The second-order valence-electron chi connectivity index (χ2n) is 6.22. The summed E-state index contributed by atoms with van der Waals surface area (Å²) in [6, 6.07) is 0. The summed E-state index contributed by atoms with van der Waals surface area (Å²) in [7, 11) is 0. The van der Waals surface area contributed by atoms with E-state index in [4.69, 9.17) is 9.84 Å². The Morgan fingerprint density at radius 2 is 1.94 bits per heavy atom. The normalized spacial score (nSPS) is 21.0. The highest BCUT2D eigenvalue weighted by Crippen LogP contribution is 2.44. The summed E-state index contributed by atoms with van der Waals surface area (Å²) in [4.78, 5) is 0. The molecule has 1 saturated carbocycles. The van der Waals surface area contributed by atoms with Crippen LogP contribution in [0, 0.1) is 11.3 Å². The van der Waals surface area contributed by atoms with Gasteiger partial charge >= 0.3 is 0 Å². The maximum Gasteiger partial charge on any atom is 0.0897 e. The van der Waals surface area contributed by atoms with Crippen molar-refractivity contribution >= 4 is 0 Å². The van der Waals surface area contributed by atoms with E-state index in [-0.39, 0.29) is 18.1 Å². The van der Waals surface area contributed by atoms with Gasteiger partial charge in [0.15, 0.2) is 0 Å². The quantitative estimate of drug-likeness (QED) is 0.551. The van der Waals surface area contributed by atoms with Crippen molar-refractivity contribution in [2.24, 2.45) is 11.3 Å². The van der Waals surface area contributed by atoms with E-state index in [0.717, 1.165) is 25.8 Å². The van der Waals surface area contributed by atoms with Crippen molar-refractivity contribution in [3.05, 3.63) is 0 Å². The lowest BCUT2D eigenvalue weighted by Crippen LogP contribution is -2.35. The molecule has 4 heteroatoms. The largest absolute Gasteiger partial charge is 0.396 e.